The van der Waals surface area contributed by atoms with Crippen LogP contribution in [0.5, 0.6) is 5.75 Å². The Kier molecular flexibility index (Phi) is 7.00. The predicted molar refractivity (Wildman–Crippen MR) is 91.1 cm³/mol. The van der Waals surface area contributed by atoms with Crippen molar-refractivity contribution in [3.05, 3.63) is 34.7 Å². The molecule has 1 aliphatic heterocycles. The van der Waals surface area contributed by atoms with Gasteiger partial charge in [-0.15, -0.1) is 0 Å². The van der Waals surface area contributed by atoms with Crippen molar-refractivity contribution in [2.45, 2.75) is 13.0 Å². The molecule has 1 heterocycles. The van der Waals surface area contributed by atoms with Gasteiger partial charge in [-0.3, -0.25) is 4.90 Å². The van der Waals surface area contributed by atoms with E-state index in [-0.39, 0.29) is 6.10 Å². The first-order valence-corrected chi connectivity index (χ1v) is 8.01. The van der Waals surface area contributed by atoms with Crippen LogP contribution in [-0.2, 0) is 4.74 Å². The Morgan fingerprint density at radius 1 is 1.26 bits per heavy atom. The fraction of sp³-hybridized carbons (Fsp3) is 0.625. The fourth-order valence-corrected chi connectivity index (χ4v) is 2.88. The average Bonchev–Trinajstić information content (AvgIpc) is 2.60. The van der Waals surface area contributed by atoms with Crippen molar-refractivity contribution in [1.82, 2.24) is 4.90 Å². The number of rotatable bonds is 8. The van der Waals surface area contributed by atoms with Crippen molar-refractivity contribution < 1.29 is 9.47 Å². The lowest BCUT2D eigenvalue weighted by molar-refractivity contribution is 0.0379. The number of methoxy groups -OCH3 is 1. The van der Waals surface area contributed by atoms with Crippen LogP contribution in [-0.4, -0.2) is 64.0 Å². The van der Waals surface area contributed by atoms with Crippen molar-refractivity contribution in [2.24, 2.45) is 5.11 Å². The maximum Gasteiger partial charge on any atom is 0.142 e. The average molecular weight is 319 g/mol. The van der Waals surface area contributed by atoms with E-state index in [1.54, 1.807) is 7.11 Å². The quantitative estimate of drug-likeness (QED) is 0.419. The third kappa shape index (κ3) is 5.03. The molecule has 1 aromatic rings. The molecule has 0 N–H and O–H groups in total. The van der Waals surface area contributed by atoms with Crippen molar-refractivity contribution in [2.75, 3.05) is 57.9 Å². The van der Waals surface area contributed by atoms with Crippen LogP contribution in [0, 0.1) is 0 Å². The van der Waals surface area contributed by atoms with E-state index in [4.69, 9.17) is 15.0 Å². The normalized spacial score (nSPS) is 16.7. The summed E-state index contributed by atoms with van der Waals surface area (Å²) in [6.07, 6.45) is -0.0336. The zero-order chi connectivity index (χ0) is 16.5. The van der Waals surface area contributed by atoms with Crippen LogP contribution in [0.2, 0.25) is 0 Å². The summed E-state index contributed by atoms with van der Waals surface area (Å²) in [6.45, 7) is 7.58. The topological polar surface area (TPSA) is 73.7 Å². The van der Waals surface area contributed by atoms with Crippen molar-refractivity contribution >= 4 is 5.69 Å². The third-order valence-corrected chi connectivity index (χ3v) is 4.01. The number of hydrogen-bond donors (Lipinski definition) is 0. The summed E-state index contributed by atoms with van der Waals surface area (Å²) in [5.41, 5.74) is 9.61. The molecule has 7 nitrogen and oxygen atoms in total. The fourth-order valence-electron chi connectivity index (χ4n) is 2.88. The second kappa shape index (κ2) is 9.25. The van der Waals surface area contributed by atoms with Crippen LogP contribution >= 0.6 is 0 Å². The molecule has 0 spiro atoms. The maximum atomic E-state index is 8.47. The summed E-state index contributed by atoms with van der Waals surface area (Å²) in [5.74, 6) is 0.913. The van der Waals surface area contributed by atoms with Crippen LogP contribution in [0.1, 0.15) is 6.92 Å². The Morgan fingerprint density at radius 2 is 2.00 bits per heavy atom. The SMILES string of the molecule is CCOC(CN=[N+]=[N-])CN1CCN(c2ccccc2OC)CC1. The minimum Gasteiger partial charge on any atom is -0.495 e. The summed E-state index contributed by atoms with van der Waals surface area (Å²) in [7, 11) is 1.71. The van der Waals surface area contributed by atoms with Crippen molar-refractivity contribution in [3.63, 3.8) is 0 Å². The van der Waals surface area contributed by atoms with Gasteiger partial charge in [0.05, 0.1) is 25.4 Å². The minimum absolute atomic E-state index is 0.0336. The summed E-state index contributed by atoms with van der Waals surface area (Å²) >= 11 is 0. The molecule has 7 heteroatoms. The highest BCUT2D eigenvalue weighted by Gasteiger charge is 2.21. The van der Waals surface area contributed by atoms with E-state index in [1.807, 2.05) is 25.1 Å². The second-order valence-electron chi connectivity index (χ2n) is 5.45. The van der Waals surface area contributed by atoms with Crippen molar-refractivity contribution in [1.29, 1.82) is 0 Å². The molecule has 0 saturated carbocycles. The first kappa shape index (κ1) is 17.4. The van der Waals surface area contributed by atoms with Gasteiger partial charge in [0.25, 0.3) is 0 Å². The summed E-state index contributed by atoms with van der Waals surface area (Å²) in [6, 6.07) is 8.11. The van der Waals surface area contributed by atoms with E-state index in [9.17, 15) is 0 Å². The highest BCUT2D eigenvalue weighted by Crippen LogP contribution is 2.28. The molecule has 1 aromatic carbocycles. The van der Waals surface area contributed by atoms with Crippen LogP contribution < -0.4 is 9.64 Å². The smallest absolute Gasteiger partial charge is 0.142 e. The Morgan fingerprint density at radius 3 is 2.65 bits per heavy atom. The van der Waals surface area contributed by atoms with Gasteiger partial charge in [-0.25, -0.2) is 0 Å². The molecule has 1 unspecified atom stereocenters. The molecule has 0 radical (unpaired) electrons. The van der Waals surface area contributed by atoms with Gasteiger partial charge >= 0.3 is 0 Å². The number of ether oxygens (including phenoxy) is 2. The first-order chi connectivity index (χ1) is 11.3. The van der Waals surface area contributed by atoms with Gasteiger partial charge in [-0.1, -0.05) is 17.2 Å². The van der Waals surface area contributed by atoms with Gasteiger partial charge in [-0.2, -0.15) is 0 Å². The molecule has 1 fully saturated rings. The molecule has 23 heavy (non-hydrogen) atoms. The highest BCUT2D eigenvalue weighted by atomic mass is 16.5. The number of hydrogen-bond acceptors (Lipinski definition) is 5. The monoisotopic (exact) mass is 319 g/mol. The molecular formula is C16H25N5O2. The number of benzene rings is 1. The van der Waals surface area contributed by atoms with Crippen LogP contribution in [0.15, 0.2) is 29.4 Å². The van der Waals surface area contributed by atoms with E-state index < -0.39 is 0 Å². The van der Waals surface area contributed by atoms with Crippen molar-refractivity contribution in [3.8, 4) is 5.75 Å². The molecule has 2 rings (SSSR count). The zero-order valence-electron chi connectivity index (χ0n) is 13.9. The standard InChI is InChI=1S/C16H25N5O2/c1-3-23-14(12-18-19-17)13-20-8-10-21(11-9-20)15-6-4-5-7-16(15)22-2/h4-7,14H,3,8-13H2,1-2H3. The van der Waals surface area contributed by atoms with E-state index in [1.165, 1.54) is 0 Å². The third-order valence-electron chi connectivity index (χ3n) is 4.01. The number of piperazine rings is 1. The highest BCUT2D eigenvalue weighted by molar-refractivity contribution is 5.58. The molecule has 126 valence electrons. The van der Waals surface area contributed by atoms with Gasteiger partial charge in [0.15, 0.2) is 0 Å². The molecule has 0 aromatic heterocycles. The minimum atomic E-state index is -0.0336. The second-order valence-corrected chi connectivity index (χ2v) is 5.45. The van der Waals surface area contributed by atoms with E-state index in [0.717, 1.165) is 44.2 Å². The molecule has 1 saturated heterocycles. The van der Waals surface area contributed by atoms with Gasteiger partial charge in [0.2, 0.25) is 0 Å². The lowest BCUT2D eigenvalue weighted by atomic mass is 10.2. The van der Waals surface area contributed by atoms with E-state index >= 15 is 0 Å². The molecular weight excluding hydrogens is 294 g/mol. The van der Waals surface area contributed by atoms with Gasteiger partial charge < -0.3 is 14.4 Å². The number of nitrogens with zero attached hydrogens (tertiary/aromatic N) is 5. The molecule has 0 amide bonds. The van der Waals surface area contributed by atoms with Gasteiger partial charge in [-0.05, 0) is 24.6 Å². The number of anilines is 1. The molecule has 0 aliphatic carbocycles. The van der Waals surface area contributed by atoms with Crippen LogP contribution in [0.3, 0.4) is 0 Å². The lowest BCUT2D eigenvalue weighted by Gasteiger charge is -2.37. The maximum absolute atomic E-state index is 8.47. The summed E-state index contributed by atoms with van der Waals surface area (Å²) in [4.78, 5) is 7.53. The summed E-state index contributed by atoms with van der Waals surface area (Å²) < 4.78 is 11.1. The van der Waals surface area contributed by atoms with E-state index in [2.05, 4.69) is 25.9 Å². The number of azide groups is 1. The first-order valence-electron chi connectivity index (χ1n) is 8.01. The summed E-state index contributed by atoms with van der Waals surface area (Å²) in [5, 5.41) is 3.64. The Bertz CT molecular complexity index is 525. The zero-order valence-corrected chi connectivity index (χ0v) is 13.9. The Hall–Kier alpha value is -1.95. The van der Waals surface area contributed by atoms with E-state index in [0.29, 0.717) is 13.2 Å². The number of para-hydroxylation sites is 2. The Labute approximate surface area is 137 Å². The molecule has 1 atom stereocenters. The lowest BCUT2D eigenvalue weighted by Crippen LogP contribution is -2.49. The molecule has 0 bridgehead atoms. The van der Waals surface area contributed by atoms with Crippen LogP contribution in [0.25, 0.3) is 10.4 Å². The molecule has 1 aliphatic rings. The largest absolute Gasteiger partial charge is 0.495 e. The van der Waals surface area contributed by atoms with Gasteiger partial charge in [0.1, 0.15) is 5.75 Å². The van der Waals surface area contributed by atoms with Gasteiger partial charge in [0, 0.05) is 44.2 Å². The predicted octanol–water partition coefficient (Wildman–Crippen LogP) is 2.53. The van der Waals surface area contributed by atoms with Crippen LogP contribution in [0.4, 0.5) is 5.69 Å². The Balaban J connectivity index is 1.88.